The Labute approximate surface area is 108 Å². The predicted octanol–water partition coefficient (Wildman–Crippen LogP) is 3.79. The molecule has 2 rings (SSSR count). The van der Waals surface area contributed by atoms with Crippen molar-refractivity contribution in [3.63, 3.8) is 0 Å². The molecule has 1 aliphatic carbocycles. The number of nitrogens with two attached hydrogens (primary N) is 1. The maximum absolute atomic E-state index is 12.8. The van der Waals surface area contributed by atoms with Crippen molar-refractivity contribution in [1.29, 1.82) is 0 Å². The summed E-state index contributed by atoms with van der Waals surface area (Å²) >= 11 is 5.66. The minimum Gasteiger partial charge on any atom is -0.506 e. The molecule has 1 aromatic carbocycles. The van der Waals surface area contributed by atoms with Gasteiger partial charge in [-0.25, -0.2) is 0 Å². The van der Waals surface area contributed by atoms with Gasteiger partial charge in [-0.3, -0.25) is 0 Å². The molecule has 1 aliphatic rings. The van der Waals surface area contributed by atoms with Crippen LogP contribution in [0, 0.1) is 0 Å². The second-order valence-corrected chi connectivity index (χ2v) is 5.12. The Kier molecular flexibility index (Phi) is 3.23. The van der Waals surface area contributed by atoms with E-state index in [1.165, 1.54) is 6.07 Å². The summed E-state index contributed by atoms with van der Waals surface area (Å²) in [5.74, 6) is -0.936. The average Bonchev–Trinajstić information content (AvgIpc) is 2.68. The molecular weight excluding hydrogens is 267 g/mol. The van der Waals surface area contributed by atoms with Crippen LogP contribution in [-0.2, 0) is 11.7 Å². The minimum atomic E-state index is -4.64. The van der Waals surface area contributed by atoms with E-state index in [0.717, 1.165) is 18.9 Å². The van der Waals surface area contributed by atoms with Crippen molar-refractivity contribution in [2.75, 3.05) is 0 Å². The van der Waals surface area contributed by atoms with Gasteiger partial charge in [-0.1, -0.05) is 24.4 Å². The molecule has 0 radical (unpaired) electrons. The van der Waals surface area contributed by atoms with Crippen LogP contribution in [0.3, 0.4) is 0 Å². The fourth-order valence-corrected chi connectivity index (χ4v) is 2.62. The number of alkyl halides is 3. The highest BCUT2D eigenvalue weighted by atomic mass is 35.5. The van der Waals surface area contributed by atoms with Gasteiger partial charge in [0.15, 0.2) is 0 Å². The van der Waals surface area contributed by atoms with Crippen molar-refractivity contribution >= 4 is 11.6 Å². The normalized spacial score (nSPS) is 19.2. The summed E-state index contributed by atoms with van der Waals surface area (Å²) in [6, 6.07) is 2.24. The topological polar surface area (TPSA) is 46.2 Å². The molecule has 0 bridgehead atoms. The van der Waals surface area contributed by atoms with Gasteiger partial charge in [0.1, 0.15) is 5.75 Å². The molecule has 1 aromatic rings. The fraction of sp³-hybridized carbons (Fsp3) is 0.500. The second-order valence-electron chi connectivity index (χ2n) is 4.72. The first-order valence-electron chi connectivity index (χ1n) is 5.63. The first-order chi connectivity index (χ1) is 8.24. The first-order valence-corrected chi connectivity index (χ1v) is 6.01. The number of rotatable bonds is 1. The van der Waals surface area contributed by atoms with Crippen LogP contribution < -0.4 is 5.73 Å². The summed E-state index contributed by atoms with van der Waals surface area (Å²) in [4.78, 5) is 0. The number of aromatic hydroxyl groups is 1. The largest absolute Gasteiger partial charge is 0.506 e. The molecule has 0 spiro atoms. The Bertz CT molecular complexity index is 467. The molecule has 0 aliphatic heterocycles. The predicted molar refractivity (Wildman–Crippen MR) is 62.5 cm³/mol. The van der Waals surface area contributed by atoms with E-state index in [0.29, 0.717) is 18.4 Å². The zero-order valence-electron chi connectivity index (χ0n) is 9.52. The lowest BCUT2D eigenvalue weighted by molar-refractivity contribution is -0.138. The highest BCUT2D eigenvalue weighted by molar-refractivity contribution is 6.32. The average molecular weight is 280 g/mol. The molecule has 18 heavy (non-hydrogen) atoms. The zero-order valence-corrected chi connectivity index (χ0v) is 10.3. The molecule has 1 fully saturated rings. The monoisotopic (exact) mass is 279 g/mol. The molecule has 3 N–H and O–H groups in total. The van der Waals surface area contributed by atoms with E-state index in [-0.39, 0.29) is 5.02 Å². The summed E-state index contributed by atoms with van der Waals surface area (Å²) in [6.45, 7) is 0. The summed E-state index contributed by atoms with van der Waals surface area (Å²) in [6.07, 6.45) is -1.61. The van der Waals surface area contributed by atoms with E-state index in [1.807, 2.05) is 0 Å². The number of hydrogen-bond donors (Lipinski definition) is 2. The van der Waals surface area contributed by atoms with Gasteiger partial charge >= 0.3 is 6.18 Å². The van der Waals surface area contributed by atoms with Crippen molar-refractivity contribution in [3.05, 3.63) is 28.3 Å². The number of phenols is 1. The van der Waals surface area contributed by atoms with Crippen molar-refractivity contribution in [3.8, 4) is 5.75 Å². The second kappa shape index (κ2) is 4.31. The number of hydrogen-bond acceptors (Lipinski definition) is 2. The van der Waals surface area contributed by atoms with Gasteiger partial charge in [-0.2, -0.15) is 13.2 Å². The fourth-order valence-electron chi connectivity index (χ4n) is 2.40. The lowest BCUT2D eigenvalue weighted by Gasteiger charge is -2.26. The van der Waals surface area contributed by atoms with Gasteiger partial charge in [0.2, 0.25) is 0 Å². The highest BCUT2D eigenvalue weighted by Gasteiger charge is 2.38. The van der Waals surface area contributed by atoms with Crippen LogP contribution in [0.15, 0.2) is 12.1 Å². The van der Waals surface area contributed by atoms with Gasteiger partial charge in [-0.05, 0) is 30.5 Å². The van der Waals surface area contributed by atoms with Crippen LogP contribution in [0.4, 0.5) is 13.2 Å². The lowest BCUT2D eigenvalue weighted by Crippen LogP contribution is -2.33. The molecule has 0 amide bonds. The van der Waals surface area contributed by atoms with E-state index in [1.54, 1.807) is 0 Å². The summed E-state index contributed by atoms with van der Waals surface area (Å²) in [5, 5.41) is 9.08. The van der Waals surface area contributed by atoms with Crippen LogP contribution in [-0.4, -0.2) is 5.11 Å². The SMILES string of the molecule is NC1(c2cc(Cl)c(O)c(C(F)(F)F)c2)CCCC1. The molecule has 0 heterocycles. The van der Waals surface area contributed by atoms with Crippen LogP contribution in [0.5, 0.6) is 5.75 Å². The minimum absolute atomic E-state index is 0.309. The maximum Gasteiger partial charge on any atom is 0.420 e. The van der Waals surface area contributed by atoms with Crippen molar-refractivity contribution in [1.82, 2.24) is 0 Å². The Hall–Kier alpha value is -0.940. The van der Waals surface area contributed by atoms with E-state index in [4.69, 9.17) is 17.3 Å². The van der Waals surface area contributed by atoms with Crippen molar-refractivity contribution in [2.45, 2.75) is 37.4 Å². The third-order valence-corrected chi connectivity index (χ3v) is 3.73. The van der Waals surface area contributed by atoms with Crippen LogP contribution in [0.25, 0.3) is 0 Å². The Morgan fingerprint density at radius 3 is 2.28 bits per heavy atom. The summed E-state index contributed by atoms with van der Waals surface area (Å²) in [7, 11) is 0. The van der Waals surface area contributed by atoms with E-state index >= 15 is 0 Å². The maximum atomic E-state index is 12.8. The van der Waals surface area contributed by atoms with E-state index in [9.17, 15) is 18.3 Å². The molecule has 0 atom stereocenters. The number of benzene rings is 1. The molecule has 6 heteroatoms. The van der Waals surface area contributed by atoms with Crippen LogP contribution in [0.2, 0.25) is 5.02 Å². The van der Waals surface area contributed by atoms with Gasteiger partial charge in [-0.15, -0.1) is 0 Å². The third-order valence-electron chi connectivity index (χ3n) is 3.44. The number of phenolic OH excluding ortho intramolecular Hbond substituents is 1. The Morgan fingerprint density at radius 2 is 1.78 bits per heavy atom. The van der Waals surface area contributed by atoms with Gasteiger partial charge in [0.25, 0.3) is 0 Å². The molecular formula is C12H13ClF3NO. The molecule has 1 saturated carbocycles. The molecule has 0 unspecified atom stereocenters. The van der Waals surface area contributed by atoms with Gasteiger partial charge < -0.3 is 10.8 Å². The van der Waals surface area contributed by atoms with E-state index in [2.05, 4.69) is 0 Å². The highest BCUT2D eigenvalue weighted by Crippen LogP contribution is 2.44. The third kappa shape index (κ3) is 2.29. The van der Waals surface area contributed by atoms with E-state index < -0.39 is 23.0 Å². The summed E-state index contributed by atoms with van der Waals surface area (Å²) in [5.41, 5.74) is 4.56. The van der Waals surface area contributed by atoms with Crippen molar-refractivity contribution in [2.24, 2.45) is 5.73 Å². The number of halogens is 4. The molecule has 0 saturated heterocycles. The van der Waals surface area contributed by atoms with Gasteiger partial charge in [0.05, 0.1) is 10.6 Å². The molecule has 100 valence electrons. The van der Waals surface area contributed by atoms with Crippen LogP contribution in [0.1, 0.15) is 36.8 Å². The first kappa shape index (κ1) is 13.5. The van der Waals surface area contributed by atoms with Crippen LogP contribution >= 0.6 is 11.6 Å². The Balaban J connectivity index is 2.54. The van der Waals surface area contributed by atoms with Gasteiger partial charge in [0, 0.05) is 5.54 Å². The lowest BCUT2D eigenvalue weighted by atomic mass is 9.88. The zero-order chi connectivity index (χ0) is 13.6. The molecule has 0 aromatic heterocycles. The standard InChI is InChI=1S/C12H13ClF3NO/c13-9-6-7(11(17)3-1-2-4-11)5-8(10(9)18)12(14,15)16/h5-6,18H,1-4,17H2. The quantitative estimate of drug-likeness (QED) is 0.821. The molecule has 2 nitrogen and oxygen atoms in total. The summed E-state index contributed by atoms with van der Waals surface area (Å²) < 4.78 is 38.3. The Morgan fingerprint density at radius 1 is 1.22 bits per heavy atom. The van der Waals surface area contributed by atoms with Crippen molar-refractivity contribution < 1.29 is 18.3 Å². The smallest absolute Gasteiger partial charge is 0.420 e.